The van der Waals surface area contributed by atoms with Gasteiger partial charge in [-0.15, -0.1) is 11.8 Å². The Morgan fingerprint density at radius 3 is 2.67 bits per heavy atom. The monoisotopic (exact) mass is 391 g/mol. The number of thioether (sulfide) groups is 1. The van der Waals surface area contributed by atoms with E-state index < -0.39 is 0 Å². The lowest BCUT2D eigenvalue weighted by Crippen LogP contribution is -2.49. The molecule has 2 saturated heterocycles. The molecule has 148 valence electrons. The second-order valence-corrected chi connectivity index (χ2v) is 7.97. The molecule has 3 rings (SSSR count). The number of nitrogens with zero attached hydrogens (tertiary/aromatic N) is 2. The van der Waals surface area contributed by atoms with Gasteiger partial charge in [-0.3, -0.25) is 14.5 Å². The second kappa shape index (κ2) is 10.1. The molecule has 1 unspecified atom stereocenters. The van der Waals surface area contributed by atoms with Crippen molar-refractivity contribution in [2.45, 2.75) is 24.3 Å². The van der Waals surface area contributed by atoms with Gasteiger partial charge in [0.2, 0.25) is 11.8 Å². The van der Waals surface area contributed by atoms with Gasteiger partial charge in [-0.2, -0.15) is 0 Å². The van der Waals surface area contributed by atoms with Crippen LogP contribution in [-0.2, 0) is 20.9 Å². The third kappa shape index (κ3) is 5.96. The van der Waals surface area contributed by atoms with Crippen molar-refractivity contribution in [2.24, 2.45) is 5.92 Å². The zero-order valence-electron chi connectivity index (χ0n) is 16.0. The molecule has 7 heteroatoms. The van der Waals surface area contributed by atoms with Gasteiger partial charge < -0.3 is 15.0 Å². The summed E-state index contributed by atoms with van der Waals surface area (Å²) in [5.74, 6) is 0.102. The minimum absolute atomic E-state index is 0.0489. The highest BCUT2D eigenvalue weighted by atomic mass is 32.2. The van der Waals surface area contributed by atoms with Gasteiger partial charge in [-0.25, -0.2) is 0 Å². The van der Waals surface area contributed by atoms with Gasteiger partial charge in [-0.05, 0) is 30.4 Å². The van der Waals surface area contributed by atoms with Crippen molar-refractivity contribution >= 4 is 23.6 Å². The Labute approximate surface area is 165 Å². The molecule has 0 radical (unpaired) electrons. The molecule has 2 amide bonds. The lowest BCUT2D eigenvalue weighted by atomic mass is 9.96. The Morgan fingerprint density at radius 2 is 1.96 bits per heavy atom. The SMILES string of the molecule is CSc1ccc(CNC(=O)C2CCC(=O)N(CCN3CCOCC3)C2)cc1. The van der Waals surface area contributed by atoms with E-state index >= 15 is 0 Å². The average molecular weight is 392 g/mol. The first-order valence-electron chi connectivity index (χ1n) is 9.64. The third-order valence-corrected chi connectivity index (χ3v) is 6.03. The fourth-order valence-electron chi connectivity index (χ4n) is 3.51. The lowest BCUT2D eigenvalue weighted by Gasteiger charge is -2.34. The number of benzene rings is 1. The summed E-state index contributed by atoms with van der Waals surface area (Å²) in [4.78, 5) is 30.2. The van der Waals surface area contributed by atoms with Crippen molar-refractivity contribution in [1.82, 2.24) is 15.1 Å². The Balaban J connectivity index is 1.45. The zero-order valence-corrected chi connectivity index (χ0v) is 16.8. The van der Waals surface area contributed by atoms with Crippen molar-refractivity contribution in [3.8, 4) is 0 Å². The van der Waals surface area contributed by atoms with Crippen LogP contribution in [0, 0.1) is 5.92 Å². The van der Waals surface area contributed by atoms with Crippen molar-refractivity contribution in [2.75, 3.05) is 52.2 Å². The van der Waals surface area contributed by atoms with E-state index in [0.717, 1.165) is 38.4 Å². The standard InChI is InChI=1S/C20H29N3O3S/c1-27-18-5-2-16(3-6-18)14-21-20(25)17-4-7-19(24)23(15-17)9-8-22-10-12-26-13-11-22/h2-3,5-6,17H,4,7-15H2,1H3,(H,21,25). The van der Waals surface area contributed by atoms with Crippen molar-refractivity contribution in [1.29, 1.82) is 0 Å². The number of piperidine rings is 1. The smallest absolute Gasteiger partial charge is 0.225 e. The van der Waals surface area contributed by atoms with Crippen LogP contribution in [-0.4, -0.2) is 73.8 Å². The number of nitrogens with one attached hydrogen (secondary N) is 1. The highest BCUT2D eigenvalue weighted by Gasteiger charge is 2.30. The third-order valence-electron chi connectivity index (χ3n) is 5.29. The first kappa shape index (κ1) is 20.2. The molecule has 27 heavy (non-hydrogen) atoms. The normalized spacial score (nSPS) is 21.3. The van der Waals surface area contributed by atoms with Gasteiger partial charge in [0.15, 0.2) is 0 Å². The zero-order chi connectivity index (χ0) is 19.1. The van der Waals surface area contributed by atoms with Crippen LogP contribution in [0.25, 0.3) is 0 Å². The molecule has 1 aromatic carbocycles. The molecule has 2 aliphatic heterocycles. The Hall–Kier alpha value is -1.57. The topological polar surface area (TPSA) is 61.9 Å². The molecule has 2 aliphatic rings. The summed E-state index contributed by atoms with van der Waals surface area (Å²) in [5.41, 5.74) is 1.09. The molecule has 0 bridgehead atoms. The number of amides is 2. The summed E-state index contributed by atoms with van der Waals surface area (Å²) in [6.45, 7) is 5.96. The summed E-state index contributed by atoms with van der Waals surface area (Å²) < 4.78 is 5.36. The number of carbonyl (C=O) groups is 2. The Kier molecular flexibility index (Phi) is 7.55. The van der Waals surface area contributed by atoms with E-state index in [9.17, 15) is 9.59 Å². The molecule has 0 spiro atoms. The highest BCUT2D eigenvalue weighted by Crippen LogP contribution is 2.19. The second-order valence-electron chi connectivity index (χ2n) is 7.10. The quantitative estimate of drug-likeness (QED) is 0.716. The van der Waals surface area contributed by atoms with E-state index in [0.29, 0.717) is 32.5 Å². The number of carbonyl (C=O) groups excluding carboxylic acids is 2. The van der Waals surface area contributed by atoms with E-state index in [-0.39, 0.29) is 17.7 Å². The first-order chi connectivity index (χ1) is 13.2. The number of morpholine rings is 1. The fraction of sp³-hybridized carbons (Fsp3) is 0.600. The molecule has 0 aliphatic carbocycles. The molecule has 1 aromatic rings. The predicted molar refractivity (Wildman–Crippen MR) is 107 cm³/mol. The van der Waals surface area contributed by atoms with Gasteiger partial charge in [0.1, 0.15) is 0 Å². The number of hydrogen-bond acceptors (Lipinski definition) is 5. The Morgan fingerprint density at radius 1 is 1.22 bits per heavy atom. The van der Waals surface area contributed by atoms with Gasteiger partial charge in [0, 0.05) is 50.6 Å². The van der Waals surface area contributed by atoms with E-state index in [1.807, 2.05) is 23.3 Å². The molecule has 2 heterocycles. The van der Waals surface area contributed by atoms with Crippen LogP contribution in [0.3, 0.4) is 0 Å². The Bertz CT molecular complexity index is 632. The van der Waals surface area contributed by atoms with E-state index in [1.54, 1.807) is 11.8 Å². The van der Waals surface area contributed by atoms with E-state index in [4.69, 9.17) is 4.74 Å². The van der Waals surface area contributed by atoms with Gasteiger partial charge in [0.05, 0.1) is 19.1 Å². The molecule has 2 fully saturated rings. The summed E-state index contributed by atoms with van der Waals surface area (Å²) in [6.07, 6.45) is 3.15. The lowest BCUT2D eigenvalue weighted by molar-refractivity contribution is -0.138. The van der Waals surface area contributed by atoms with Crippen LogP contribution in [0.15, 0.2) is 29.2 Å². The molecule has 1 N–H and O–H groups in total. The van der Waals surface area contributed by atoms with Crippen molar-refractivity contribution in [3.63, 3.8) is 0 Å². The van der Waals surface area contributed by atoms with Gasteiger partial charge in [0.25, 0.3) is 0 Å². The minimum Gasteiger partial charge on any atom is -0.379 e. The molecular formula is C20H29N3O3S. The van der Waals surface area contributed by atoms with Crippen molar-refractivity contribution < 1.29 is 14.3 Å². The molecule has 0 saturated carbocycles. The van der Waals surface area contributed by atoms with E-state index in [1.165, 1.54) is 4.90 Å². The first-order valence-corrected chi connectivity index (χ1v) is 10.9. The average Bonchev–Trinajstić information content (AvgIpc) is 2.72. The van der Waals surface area contributed by atoms with Crippen molar-refractivity contribution in [3.05, 3.63) is 29.8 Å². The highest BCUT2D eigenvalue weighted by molar-refractivity contribution is 7.98. The largest absolute Gasteiger partial charge is 0.379 e. The van der Waals surface area contributed by atoms with Crippen LogP contribution in [0.2, 0.25) is 0 Å². The molecule has 6 nitrogen and oxygen atoms in total. The summed E-state index contributed by atoms with van der Waals surface area (Å²) >= 11 is 1.70. The van der Waals surface area contributed by atoms with Crippen LogP contribution < -0.4 is 5.32 Å². The van der Waals surface area contributed by atoms with Gasteiger partial charge in [-0.1, -0.05) is 12.1 Å². The van der Waals surface area contributed by atoms with Gasteiger partial charge >= 0.3 is 0 Å². The maximum Gasteiger partial charge on any atom is 0.225 e. The summed E-state index contributed by atoms with van der Waals surface area (Å²) in [5, 5.41) is 3.04. The predicted octanol–water partition coefficient (Wildman–Crippen LogP) is 1.60. The van der Waals surface area contributed by atoms with E-state index in [2.05, 4.69) is 22.3 Å². The minimum atomic E-state index is -0.113. The molecular weight excluding hydrogens is 362 g/mol. The molecule has 1 atom stereocenters. The van der Waals surface area contributed by atoms with Crippen LogP contribution in [0.5, 0.6) is 0 Å². The summed E-state index contributed by atoms with van der Waals surface area (Å²) in [6, 6.07) is 8.23. The maximum absolute atomic E-state index is 12.6. The number of ether oxygens (including phenoxy) is 1. The van der Waals surface area contributed by atoms with Crippen LogP contribution >= 0.6 is 11.8 Å². The number of hydrogen-bond donors (Lipinski definition) is 1. The summed E-state index contributed by atoms with van der Waals surface area (Å²) in [7, 11) is 0. The number of likely N-dealkylation sites (tertiary alicyclic amines) is 1. The molecule has 0 aromatic heterocycles. The van der Waals surface area contributed by atoms with Crippen LogP contribution in [0.1, 0.15) is 18.4 Å². The maximum atomic E-state index is 12.6. The van der Waals surface area contributed by atoms with Crippen LogP contribution in [0.4, 0.5) is 0 Å². The fourth-order valence-corrected chi connectivity index (χ4v) is 3.92. The number of rotatable bonds is 7.